The van der Waals surface area contributed by atoms with E-state index in [9.17, 15) is 13.2 Å². The lowest BCUT2D eigenvalue weighted by molar-refractivity contribution is -0.140. The van der Waals surface area contributed by atoms with Crippen LogP contribution in [0.2, 0.25) is 0 Å². The number of anilines is 1. The molecule has 0 radical (unpaired) electrons. The summed E-state index contributed by atoms with van der Waals surface area (Å²) in [7, 11) is 0. The van der Waals surface area contributed by atoms with Crippen LogP contribution in [0.5, 0.6) is 0 Å². The second kappa shape index (κ2) is 5.98. The highest BCUT2D eigenvalue weighted by molar-refractivity contribution is 9.10. The van der Waals surface area contributed by atoms with Crippen molar-refractivity contribution in [2.75, 3.05) is 5.73 Å². The van der Waals surface area contributed by atoms with Gasteiger partial charge in [0.25, 0.3) is 0 Å². The van der Waals surface area contributed by atoms with Crippen molar-refractivity contribution in [1.29, 1.82) is 0 Å². The van der Waals surface area contributed by atoms with Crippen molar-refractivity contribution in [2.45, 2.75) is 13.1 Å². The Balaban J connectivity index is 2.26. The van der Waals surface area contributed by atoms with Crippen LogP contribution in [0.15, 0.2) is 53.0 Å². The number of benzene rings is 2. The Hall–Kier alpha value is -2.28. The zero-order valence-corrected chi connectivity index (χ0v) is 14.2. The van der Waals surface area contributed by atoms with Gasteiger partial charge in [-0.15, -0.1) is 0 Å². The van der Waals surface area contributed by atoms with Crippen LogP contribution in [-0.4, -0.2) is 9.78 Å². The van der Waals surface area contributed by atoms with Crippen LogP contribution in [0, 0.1) is 6.92 Å². The van der Waals surface area contributed by atoms with Gasteiger partial charge in [-0.25, -0.2) is 4.68 Å². The molecule has 0 aliphatic heterocycles. The summed E-state index contributed by atoms with van der Waals surface area (Å²) in [4.78, 5) is 0. The maximum atomic E-state index is 13.5. The van der Waals surface area contributed by atoms with Crippen LogP contribution < -0.4 is 5.73 Å². The first kappa shape index (κ1) is 16.6. The molecule has 0 bridgehead atoms. The predicted octanol–water partition coefficient (Wildman–Crippen LogP) is 5.21. The van der Waals surface area contributed by atoms with Crippen molar-refractivity contribution in [3.63, 3.8) is 0 Å². The van der Waals surface area contributed by atoms with Crippen LogP contribution >= 0.6 is 15.9 Å². The van der Waals surface area contributed by atoms with E-state index >= 15 is 0 Å². The maximum Gasteiger partial charge on any atom is 0.435 e. The highest BCUT2D eigenvalue weighted by Crippen LogP contribution is 2.41. The van der Waals surface area contributed by atoms with E-state index in [0.29, 0.717) is 15.7 Å². The summed E-state index contributed by atoms with van der Waals surface area (Å²) in [5.41, 5.74) is 6.74. The van der Waals surface area contributed by atoms with Crippen LogP contribution in [0.4, 0.5) is 19.0 Å². The molecule has 0 saturated heterocycles. The van der Waals surface area contributed by atoms with Gasteiger partial charge < -0.3 is 5.73 Å². The smallest absolute Gasteiger partial charge is 0.383 e. The lowest BCUT2D eigenvalue weighted by Gasteiger charge is -2.07. The number of alkyl halides is 3. The molecule has 0 aliphatic rings. The van der Waals surface area contributed by atoms with Gasteiger partial charge in [-0.1, -0.05) is 45.8 Å². The lowest BCUT2D eigenvalue weighted by Crippen LogP contribution is -2.08. The average molecular weight is 396 g/mol. The van der Waals surface area contributed by atoms with Crippen LogP contribution in [0.1, 0.15) is 11.3 Å². The van der Waals surface area contributed by atoms with E-state index in [4.69, 9.17) is 5.73 Å². The molecule has 0 atom stereocenters. The van der Waals surface area contributed by atoms with Gasteiger partial charge in [0.15, 0.2) is 5.69 Å². The molecule has 124 valence electrons. The second-order valence-electron chi connectivity index (χ2n) is 5.36. The molecule has 1 aromatic heterocycles. The predicted molar refractivity (Wildman–Crippen MR) is 90.9 cm³/mol. The summed E-state index contributed by atoms with van der Waals surface area (Å²) in [6.07, 6.45) is -4.61. The number of nitrogen functional groups attached to an aromatic ring is 1. The molecule has 1 heterocycles. The van der Waals surface area contributed by atoms with Crippen molar-refractivity contribution in [3.05, 3.63) is 64.3 Å². The summed E-state index contributed by atoms with van der Waals surface area (Å²) < 4.78 is 42.2. The van der Waals surface area contributed by atoms with E-state index in [0.717, 1.165) is 10.2 Å². The Morgan fingerprint density at radius 1 is 1.08 bits per heavy atom. The maximum absolute atomic E-state index is 13.5. The number of nitrogens with zero attached hydrogens (tertiary/aromatic N) is 2. The van der Waals surface area contributed by atoms with Crippen LogP contribution in [0.3, 0.4) is 0 Å². The molecule has 3 rings (SSSR count). The third-order valence-corrected chi connectivity index (χ3v) is 4.07. The van der Waals surface area contributed by atoms with Gasteiger partial charge in [-0.3, -0.25) is 0 Å². The number of hydrogen-bond donors (Lipinski definition) is 1. The highest BCUT2D eigenvalue weighted by atomic mass is 79.9. The number of hydrogen-bond acceptors (Lipinski definition) is 2. The molecule has 0 unspecified atom stereocenters. The monoisotopic (exact) mass is 395 g/mol. The number of halogens is 4. The Kier molecular flexibility index (Phi) is 4.13. The van der Waals surface area contributed by atoms with Crippen molar-refractivity contribution < 1.29 is 13.2 Å². The number of aryl methyl sites for hydroxylation is 1. The number of aromatic nitrogens is 2. The first-order valence-electron chi connectivity index (χ1n) is 7.06. The lowest BCUT2D eigenvalue weighted by atomic mass is 10.1. The molecule has 0 saturated carbocycles. The van der Waals surface area contributed by atoms with Crippen molar-refractivity contribution in [1.82, 2.24) is 9.78 Å². The zero-order valence-electron chi connectivity index (χ0n) is 12.6. The largest absolute Gasteiger partial charge is 0.435 e. The second-order valence-corrected chi connectivity index (χ2v) is 6.28. The number of rotatable bonds is 2. The first-order chi connectivity index (χ1) is 11.3. The summed E-state index contributed by atoms with van der Waals surface area (Å²) >= 11 is 3.27. The molecule has 3 nitrogen and oxygen atoms in total. The summed E-state index contributed by atoms with van der Waals surface area (Å²) in [6, 6.07) is 13.5. The fourth-order valence-corrected chi connectivity index (χ4v) is 2.84. The molecule has 0 spiro atoms. The molecule has 2 aromatic carbocycles. The quantitative estimate of drug-likeness (QED) is 0.646. The fraction of sp³-hybridized carbons (Fsp3) is 0.118. The third-order valence-electron chi connectivity index (χ3n) is 3.58. The van der Waals surface area contributed by atoms with E-state index in [1.54, 1.807) is 48.5 Å². The van der Waals surface area contributed by atoms with E-state index in [-0.39, 0.29) is 11.4 Å². The van der Waals surface area contributed by atoms with E-state index in [2.05, 4.69) is 21.0 Å². The zero-order chi connectivity index (χ0) is 17.5. The van der Waals surface area contributed by atoms with Crippen molar-refractivity contribution in [3.8, 4) is 16.8 Å². The van der Waals surface area contributed by atoms with Gasteiger partial charge >= 0.3 is 6.18 Å². The summed E-state index contributed by atoms with van der Waals surface area (Å²) in [6.45, 7) is 1.89. The molecule has 7 heteroatoms. The van der Waals surface area contributed by atoms with E-state index < -0.39 is 11.9 Å². The fourth-order valence-electron chi connectivity index (χ4n) is 2.44. The van der Waals surface area contributed by atoms with E-state index in [1.807, 2.05) is 6.92 Å². The van der Waals surface area contributed by atoms with Crippen LogP contribution in [-0.2, 0) is 6.18 Å². The van der Waals surface area contributed by atoms with Crippen LogP contribution in [0.25, 0.3) is 16.8 Å². The molecule has 0 aliphatic carbocycles. The minimum Gasteiger partial charge on any atom is -0.383 e. The average Bonchev–Trinajstić information content (AvgIpc) is 2.86. The minimum absolute atomic E-state index is 0.0516. The Labute approximate surface area is 145 Å². The normalized spacial score (nSPS) is 11.7. The number of nitrogens with two attached hydrogens (primary N) is 1. The Morgan fingerprint density at radius 3 is 2.33 bits per heavy atom. The van der Waals surface area contributed by atoms with Gasteiger partial charge in [0.1, 0.15) is 5.82 Å². The topological polar surface area (TPSA) is 43.8 Å². The standard InChI is InChI=1S/C17H13BrF3N3/c1-10-5-7-13(8-6-10)24-16(22)14(15(23-24)17(19,20)21)11-3-2-4-12(18)9-11/h2-9H,22H2,1H3. The SMILES string of the molecule is Cc1ccc(-n2nc(C(F)(F)F)c(-c3cccc(Br)c3)c2N)cc1. The summed E-state index contributed by atoms with van der Waals surface area (Å²) in [5, 5.41) is 3.74. The molecular weight excluding hydrogens is 383 g/mol. The van der Waals surface area contributed by atoms with Gasteiger partial charge in [-0.05, 0) is 36.8 Å². The Morgan fingerprint density at radius 2 is 1.75 bits per heavy atom. The highest BCUT2D eigenvalue weighted by Gasteiger charge is 2.39. The van der Waals surface area contributed by atoms with Gasteiger partial charge in [0, 0.05) is 4.47 Å². The minimum atomic E-state index is -4.61. The van der Waals surface area contributed by atoms with E-state index in [1.165, 1.54) is 0 Å². The molecule has 24 heavy (non-hydrogen) atoms. The van der Waals surface area contributed by atoms with Crippen molar-refractivity contribution >= 4 is 21.7 Å². The van der Waals surface area contributed by atoms with Gasteiger partial charge in [0.2, 0.25) is 0 Å². The Bertz CT molecular complexity index is 883. The molecule has 2 N–H and O–H groups in total. The van der Waals surface area contributed by atoms with Gasteiger partial charge in [0.05, 0.1) is 11.3 Å². The summed E-state index contributed by atoms with van der Waals surface area (Å²) in [5.74, 6) is -0.0516. The molecule has 0 amide bonds. The van der Waals surface area contributed by atoms with Gasteiger partial charge in [-0.2, -0.15) is 18.3 Å². The molecule has 0 fully saturated rings. The third kappa shape index (κ3) is 3.03. The molecular formula is C17H13BrF3N3. The molecule has 3 aromatic rings. The van der Waals surface area contributed by atoms with Crippen molar-refractivity contribution in [2.24, 2.45) is 0 Å². The first-order valence-corrected chi connectivity index (χ1v) is 7.85.